The number of aliphatic imine (C=N–C) groups is 1. The molecule has 2 fully saturated rings. The number of hydrogen-bond acceptors (Lipinski definition) is 4. The average molecular weight is 436 g/mol. The summed E-state index contributed by atoms with van der Waals surface area (Å²) in [5, 5.41) is 0. The number of thiophene rings is 1. The highest BCUT2D eigenvalue weighted by Crippen LogP contribution is 2.44. The maximum absolute atomic E-state index is 5.45. The van der Waals surface area contributed by atoms with E-state index in [-0.39, 0.29) is 0 Å². The van der Waals surface area contributed by atoms with Crippen LogP contribution in [0.4, 0.5) is 5.82 Å². The molecule has 4 heterocycles. The molecule has 0 spiro atoms. The lowest BCUT2D eigenvalue weighted by molar-refractivity contribution is 0.0980. The number of fused-ring (bicyclic) bond motifs is 1. The van der Waals surface area contributed by atoms with E-state index in [0.717, 1.165) is 17.2 Å². The van der Waals surface area contributed by atoms with Crippen LogP contribution in [0, 0.1) is 6.92 Å². The maximum Gasteiger partial charge on any atom is 0.156 e. The standard InChI is InChI=1S/C25H33N5S/c1-15(2)22-23(18-11-16(3)25(27-13-18)28-14-26)29-20-12-21(31-24(20)22)17-7-9-30(10-8-17)19-5-4-6-19/h11-15,17,19,29H,4-10H2,1-3H3,(H2,26,27,28). The van der Waals surface area contributed by atoms with E-state index < -0.39 is 0 Å². The Morgan fingerprint density at radius 2 is 2.00 bits per heavy atom. The molecule has 5 rings (SSSR count). The molecule has 31 heavy (non-hydrogen) atoms. The normalized spacial score (nSPS) is 19.1. The van der Waals surface area contributed by atoms with E-state index in [1.165, 1.54) is 73.0 Å². The molecule has 0 unspecified atom stereocenters. The van der Waals surface area contributed by atoms with Gasteiger partial charge in [-0.15, -0.1) is 11.3 Å². The minimum Gasteiger partial charge on any atom is -0.390 e. The molecule has 1 saturated carbocycles. The van der Waals surface area contributed by atoms with Gasteiger partial charge in [-0.2, -0.15) is 0 Å². The zero-order valence-corrected chi connectivity index (χ0v) is 19.6. The number of H-pyrrole nitrogens is 1. The fourth-order valence-electron chi connectivity index (χ4n) is 5.21. The van der Waals surface area contributed by atoms with Crippen molar-refractivity contribution in [2.45, 2.75) is 70.8 Å². The molecule has 0 amide bonds. The lowest BCUT2D eigenvalue weighted by Crippen LogP contribution is -2.44. The first kappa shape index (κ1) is 20.7. The Bertz CT molecular complexity index is 1100. The van der Waals surface area contributed by atoms with Crippen molar-refractivity contribution in [2.75, 3.05) is 13.1 Å². The minimum absolute atomic E-state index is 0.442. The van der Waals surface area contributed by atoms with Gasteiger partial charge in [0, 0.05) is 22.7 Å². The molecule has 0 atom stereocenters. The van der Waals surface area contributed by atoms with Crippen molar-refractivity contribution in [1.29, 1.82) is 0 Å². The zero-order valence-electron chi connectivity index (χ0n) is 18.8. The van der Waals surface area contributed by atoms with Gasteiger partial charge in [-0.3, -0.25) is 0 Å². The monoisotopic (exact) mass is 435 g/mol. The largest absolute Gasteiger partial charge is 0.390 e. The van der Waals surface area contributed by atoms with Gasteiger partial charge in [0.05, 0.1) is 22.2 Å². The van der Waals surface area contributed by atoms with Crippen molar-refractivity contribution in [2.24, 2.45) is 10.7 Å². The third-order valence-corrected chi connectivity index (χ3v) is 8.49. The van der Waals surface area contributed by atoms with Crippen molar-refractivity contribution in [3.63, 3.8) is 0 Å². The molecule has 1 aliphatic heterocycles. The summed E-state index contributed by atoms with van der Waals surface area (Å²) in [6.07, 6.45) is 10.1. The van der Waals surface area contributed by atoms with Gasteiger partial charge in [0.2, 0.25) is 0 Å². The van der Waals surface area contributed by atoms with Crippen molar-refractivity contribution >= 4 is 33.7 Å². The lowest BCUT2D eigenvalue weighted by atomic mass is 9.87. The van der Waals surface area contributed by atoms with Crippen LogP contribution < -0.4 is 5.73 Å². The molecule has 0 aromatic carbocycles. The van der Waals surface area contributed by atoms with Crippen molar-refractivity contribution in [3.8, 4) is 11.3 Å². The van der Waals surface area contributed by atoms with Gasteiger partial charge in [0.25, 0.3) is 0 Å². The first-order chi connectivity index (χ1) is 15.0. The fourth-order valence-corrected chi connectivity index (χ4v) is 6.69. The van der Waals surface area contributed by atoms with Crippen LogP contribution in [0.2, 0.25) is 0 Å². The van der Waals surface area contributed by atoms with Crippen LogP contribution in [0.5, 0.6) is 0 Å². The summed E-state index contributed by atoms with van der Waals surface area (Å²) in [4.78, 5) is 16.7. The molecule has 2 aliphatic rings. The highest BCUT2D eigenvalue weighted by Gasteiger charge is 2.30. The first-order valence-corrected chi connectivity index (χ1v) is 12.5. The number of nitrogens with one attached hydrogen (secondary N) is 1. The summed E-state index contributed by atoms with van der Waals surface area (Å²) in [6.45, 7) is 9.15. The molecule has 1 saturated heterocycles. The summed E-state index contributed by atoms with van der Waals surface area (Å²) in [6, 6.07) is 5.47. The molecule has 0 bridgehead atoms. The lowest BCUT2D eigenvalue weighted by Gasteiger charge is -2.41. The van der Waals surface area contributed by atoms with Gasteiger partial charge in [0.15, 0.2) is 5.82 Å². The highest BCUT2D eigenvalue weighted by atomic mass is 32.1. The molecule has 3 N–H and O–H groups in total. The van der Waals surface area contributed by atoms with E-state index in [0.29, 0.717) is 17.7 Å². The van der Waals surface area contributed by atoms with Crippen LogP contribution in [0.15, 0.2) is 23.3 Å². The Labute approximate surface area is 188 Å². The summed E-state index contributed by atoms with van der Waals surface area (Å²) in [7, 11) is 0. The van der Waals surface area contributed by atoms with E-state index in [1.54, 1.807) is 4.88 Å². The summed E-state index contributed by atoms with van der Waals surface area (Å²) in [5.74, 6) is 1.84. The number of aromatic amines is 1. The van der Waals surface area contributed by atoms with Crippen LogP contribution in [0.1, 0.15) is 73.8 Å². The number of pyridine rings is 1. The van der Waals surface area contributed by atoms with Gasteiger partial charge < -0.3 is 15.6 Å². The number of likely N-dealkylation sites (tertiary alicyclic amines) is 1. The predicted molar refractivity (Wildman–Crippen MR) is 132 cm³/mol. The molecule has 164 valence electrons. The first-order valence-electron chi connectivity index (χ1n) is 11.7. The van der Waals surface area contributed by atoms with Gasteiger partial charge in [-0.25, -0.2) is 9.98 Å². The minimum atomic E-state index is 0.442. The number of hydrogen-bond donors (Lipinski definition) is 2. The van der Waals surface area contributed by atoms with Crippen LogP contribution in [-0.4, -0.2) is 40.3 Å². The van der Waals surface area contributed by atoms with Gasteiger partial charge in [-0.05, 0) is 80.8 Å². The molecule has 3 aromatic heterocycles. The molecule has 1 aliphatic carbocycles. The Hall–Kier alpha value is -2.18. The summed E-state index contributed by atoms with van der Waals surface area (Å²) >= 11 is 2.01. The van der Waals surface area contributed by atoms with E-state index in [2.05, 4.69) is 45.8 Å². The van der Waals surface area contributed by atoms with Crippen LogP contribution in [0.25, 0.3) is 21.5 Å². The number of nitrogens with zero attached hydrogens (tertiary/aromatic N) is 3. The number of aryl methyl sites for hydroxylation is 1. The number of rotatable bonds is 5. The second-order valence-corrected chi connectivity index (χ2v) is 10.6. The van der Waals surface area contributed by atoms with E-state index in [9.17, 15) is 0 Å². The summed E-state index contributed by atoms with van der Waals surface area (Å²) in [5.41, 5.74) is 11.5. The third-order valence-electron chi connectivity index (χ3n) is 7.16. The SMILES string of the molecule is Cc1cc(-c2[nH]c3cc(C4CCN(C5CCC5)CC4)sc3c2C(C)C)cnc1N=CN. The molecule has 6 heteroatoms. The van der Waals surface area contributed by atoms with E-state index in [4.69, 9.17) is 5.73 Å². The van der Waals surface area contributed by atoms with E-state index in [1.807, 2.05) is 24.5 Å². The van der Waals surface area contributed by atoms with Crippen molar-refractivity contribution in [3.05, 3.63) is 34.3 Å². The molecule has 5 nitrogen and oxygen atoms in total. The number of aromatic nitrogens is 2. The van der Waals surface area contributed by atoms with Crippen LogP contribution in [-0.2, 0) is 0 Å². The maximum atomic E-state index is 5.45. The van der Waals surface area contributed by atoms with Gasteiger partial charge >= 0.3 is 0 Å². The number of nitrogens with two attached hydrogens (primary N) is 1. The predicted octanol–water partition coefficient (Wildman–Crippen LogP) is 6.07. The molecular formula is C25H33N5S. The second-order valence-electron chi connectivity index (χ2n) is 9.50. The molecule has 3 aromatic rings. The zero-order chi connectivity index (χ0) is 21.5. The second kappa shape index (κ2) is 8.40. The number of piperidine rings is 1. The van der Waals surface area contributed by atoms with E-state index >= 15 is 0 Å². The van der Waals surface area contributed by atoms with Crippen LogP contribution >= 0.6 is 11.3 Å². The molecular weight excluding hydrogens is 402 g/mol. The summed E-state index contributed by atoms with van der Waals surface area (Å²) < 4.78 is 1.42. The Morgan fingerprint density at radius 3 is 2.61 bits per heavy atom. The highest BCUT2D eigenvalue weighted by molar-refractivity contribution is 7.19. The van der Waals surface area contributed by atoms with Crippen molar-refractivity contribution in [1.82, 2.24) is 14.9 Å². The Morgan fingerprint density at radius 1 is 1.23 bits per heavy atom. The van der Waals surface area contributed by atoms with Crippen molar-refractivity contribution < 1.29 is 0 Å². The third kappa shape index (κ3) is 3.80. The van der Waals surface area contributed by atoms with Gasteiger partial charge in [0.1, 0.15) is 0 Å². The topological polar surface area (TPSA) is 70.3 Å². The molecule has 0 radical (unpaired) electrons. The Balaban J connectivity index is 1.43. The van der Waals surface area contributed by atoms with Gasteiger partial charge in [-0.1, -0.05) is 20.3 Å². The quantitative estimate of drug-likeness (QED) is 0.377. The fraction of sp³-hybridized carbons (Fsp3) is 0.520. The smallest absolute Gasteiger partial charge is 0.156 e. The average Bonchev–Trinajstić information content (AvgIpc) is 3.27. The van der Waals surface area contributed by atoms with Crippen LogP contribution in [0.3, 0.4) is 0 Å². The Kier molecular flexibility index (Phi) is 5.61.